The van der Waals surface area contributed by atoms with Gasteiger partial charge in [0.05, 0.1) is 0 Å². The van der Waals surface area contributed by atoms with Crippen LogP contribution in [0.1, 0.15) is 22.2 Å². The van der Waals surface area contributed by atoms with Crippen LogP contribution in [0.2, 0.25) is 0 Å². The van der Waals surface area contributed by atoms with Crippen molar-refractivity contribution in [1.29, 1.82) is 0 Å². The lowest BCUT2D eigenvalue weighted by Crippen LogP contribution is -2.70. The molecule has 3 heterocycles. The lowest BCUT2D eigenvalue weighted by molar-refractivity contribution is -0.151. The molecule has 2 aromatic rings. The number of carboxylic acid groups (broad SMARTS) is 1. The molecule has 0 radical (unpaired) electrons. The summed E-state index contributed by atoms with van der Waals surface area (Å²) in [6.07, 6.45) is -1.46. The highest BCUT2D eigenvalue weighted by molar-refractivity contribution is 8.01. The van der Waals surface area contributed by atoms with Crippen molar-refractivity contribution in [2.75, 3.05) is 11.5 Å². The minimum absolute atomic E-state index is 0.0554. The first-order valence-electron chi connectivity index (χ1n) is 9.76. The van der Waals surface area contributed by atoms with Crippen molar-refractivity contribution in [2.45, 2.75) is 34.7 Å². The Balaban J connectivity index is 1.43. The number of halogens is 1. The summed E-state index contributed by atoms with van der Waals surface area (Å²) in [6.45, 7) is 1.84. The SMILES string of the molecule is Cc1nnc(SCC2=C(C(=O)O)N3C(=O)C(NC(=O)C(O)c4ccc(CCl)cc4)C3SC2)s1. The number of carbonyl (C=O) groups is 3. The first kappa shape index (κ1) is 24.0. The van der Waals surface area contributed by atoms with Gasteiger partial charge in [-0.25, -0.2) is 4.79 Å². The molecule has 1 aromatic heterocycles. The maximum atomic E-state index is 12.8. The van der Waals surface area contributed by atoms with Crippen molar-refractivity contribution < 1.29 is 24.6 Å². The minimum atomic E-state index is -1.46. The molecule has 9 nitrogen and oxygen atoms in total. The van der Waals surface area contributed by atoms with E-state index in [0.29, 0.717) is 28.5 Å². The summed E-state index contributed by atoms with van der Waals surface area (Å²) < 4.78 is 0.727. The Morgan fingerprint density at radius 2 is 2.06 bits per heavy atom. The number of fused-ring (bicyclic) bond motifs is 1. The highest BCUT2D eigenvalue weighted by Crippen LogP contribution is 2.42. The van der Waals surface area contributed by atoms with Gasteiger partial charge in [0.15, 0.2) is 10.4 Å². The topological polar surface area (TPSA) is 133 Å². The smallest absolute Gasteiger partial charge is 0.352 e. The van der Waals surface area contributed by atoms with Crippen molar-refractivity contribution in [2.24, 2.45) is 0 Å². The molecule has 1 saturated heterocycles. The number of carboxylic acids is 1. The highest BCUT2D eigenvalue weighted by Gasteiger charge is 2.54. The maximum Gasteiger partial charge on any atom is 0.352 e. The van der Waals surface area contributed by atoms with Crippen molar-refractivity contribution >= 4 is 64.2 Å². The van der Waals surface area contributed by atoms with E-state index in [2.05, 4.69) is 15.5 Å². The van der Waals surface area contributed by atoms with Crippen LogP contribution in [0.4, 0.5) is 0 Å². The summed E-state index contributed by atoms with van der Waals surface area (Å²) in [5, 5.41) is 30.9. The summed E-state index contributed by atoms with van der Waals surface area (Å²) in [5.74, 6) is -1.35. The molecule has 0 bridgehead atoms. The molecule has 13 heteroatoms. The number of nitrogens with one attached hydrogen (secondary N) is 1. The molecule has 3 atom stereocenters. The number of hydrogen-bond acceptors (Lipinski definition) is 9. The number of alkyl halides is 1. The molecule has 0 aliphatic carbocycles. The van der Waals surface area contributed by atoms with Gasteiger partial charge in [0, 0.05) is 17.4 Å². The molecular formula is C20H19ClN4O5S3. The van der Waals surface area contributed by atoms with Gasteiger partial charge >= 0.3 is 5.97 Å². The third kappa shape index (κ3) is 4.90. The summed E-state index contributed by atoms with van der Waals surface area (Å²) >= 11 is 9.92. The molecule has 2 aliphatic heterocycles. The average Bonchev–Trinajstić information content (AvgIpc) is 3.24. The van der Waals surface area contributed by atoms with Crippen LogP contribution >= 0.6 is 46.5 Å². The van der Waals surface area contributed by atoms with Gasteiger partial charge in [-0.3, -0.25) is 14.5 Å². The molecular weight excluding hydrogens is 508 g/mol. The molecule has 0 saturated carbocycles. The number of aliphatic hydroxyl groups excluding tert-OH is 1. The predicted octanol–water partition coefficient (Wildman–Crippen LogP) is 2.15. The summed E-state index contributed by atoms with van der Waals surface area (Å²) in [5.41, 5.74) is 1.78. The van der Waals surface area contributed by atoms with E-state index in [1.807, 2.05) is 6.92 Å². The molecule has 3 N–H and O–H groups in total. The van der Waals surface area contributed by atoms with Crippen LogP contribution in [-0.2, 0) is 20.3 Å². The van der Waals surface area contributed by atoms with Gasteiger partial charge < -0.3 is 15.5 Å². The van der Waals surface area contributed by atoms with E-state index >= 15 is 0 Å². The second kappa shape index (κ2) is 10.0. The Morgan fingerprint density at radius 1 is 1.33 bits per heavy atom. The van der Waals surface area contributed by atoms with Gasteiger partial charge in [0.1, 0.15) is 22.1 Å². The number of aliphatic hydroxyl groups is 1. The van der Waals surface area contributed by atoms with E-state index in [9.17, 15) is 24.6 Å². The van der Waals surface area contributed by atoms with Crippen molar-refractivity contribution in [3.8, 4) is 0 Å². The van der Waals surface area contributed by atoms with E-state index in [0.717, 1.165) is 14.9 Å². The van der Waals surface area contributed by atoms with Gasteiger partial charge in [0.2, 0.25) is 0 Å². The quantitative estimate of drug-likeness (QED) is 0.269. The van der Waals surface area contributed by atoms with E-state index in [4.69, 9.17) is 11.6 Å². The summed E-state index contributed by atoms with van der Waals surface area (Å²) in [7, 11) is 0. The van der Waals surface area contributed by atoms with Crippen LogP contribution in [0.5, 0.6) is 0 Å². The average molecular weight is 527 g/mol. The summed E-state index contributed by atoms with van der Waals surface area (Å²) in [6, 6.07) is 5.70. The standard InChI is InChI=1S/C20H19ClN4O5S3/c1-9-23-24-20(33-9)32-8-12-7-31-18-13(17(28)25(18)14(12)19(29)30)22-16(27)15(26)11-4-2-10(6-21)3-5-11/h2-5,13,15,18,26H,6-8H2,1H3,(H,22,27)(H,29,30). The zero-order valence-electron chi connectivity index (χ0n) is 17.2. The molecule has 174 valence electrons. The van der Waals surface area contributed by atoms with Gasteiger partial charge in [-0.2, -0.15) is 0 Å². The fraction of sp³-hybridized carbons (Fsp3) is 0.350. The lowest BCUT2D eigenvalue weighted by atomic mass is 10.0. The third-order valence-corrected chi connectivity index (χ3v) is 8.83. The molecule has 0 spiro atoms. The number of nitrogens with zero attached hydrogens (tertiary/aromatic N) is 3. The van der Waals surface area contributed by atoms with Gasteiger partial charge in [-0.15, -0.1) is 33.6 Å². The monoisotopic (exact) mass is 526 g/mol. The lowest BCUT2D eigenvalue weighted by Gasteiger charge is -2.49. The number of benzene rings is 1. The van der Waals surface area contributed by atoms with Crippen LogP contribution in [0.15, 0.2) is 39.9 Å². The van der Waals surface area contributed by atoms with Crippen LogP contribution in [-0.4, -0.2) is 66.0 Å². The molecule has 4 rings (SSSR count). The number of carbonyl (C=O) groups excluding carboxylic acids is 2. The zero-order chi connectivity index (χ0) is 23.7. The Hall–Kier alpha value is -2.12. The zero-order valence-corrected chi connectivity index (χ0v) is 20.4. The Morgan fingerprint density at radius 3 is 2.67 bits per heavy atom. The first-order chi connectivity index (χ1) is 15.8. The second-order valence-electron chi connectivity index (χ2n) is 7.31. The number of β-lactam (4-membered cyclic amide) rings is 1. The fourth-order valence-corrected chi connectivity index (χ4v) is 6.93. The number of aryl methyl sites for hydroxylation is 1. The van der Waals surface area contributed by atoms with Crippen molar-refractivity contribution in [1.82, 2.24) is 20.4 Å². The Kier molecular flexibility index (Phi) is 7.29. The number of amides is 2. The van der Waals surface area contributed by atoms with Crippen LogP contribution in [0.3, 0.4) is 0 Å². The van der Waals surface area contributed by atoms with E-state index < -0.39 is 35.3 Å². The van der Waals surface area contributed by atoms with E-state index in [1.165, 1.54) is 39.8 Å². The number of rotatable bonds is 8. The molecule has 1 aromatic carbocycles. The van der Waals surface area contributed by atoms with Crippen molar-refractivity contribution in [3.63, 3.8) is 0 Å². The largest absolute Gasteiger partial charge is 0.477 e. The summed E-state index contributed by atoms with van der Waals surface area (Å²) in [4.78, 5) is 38.5. The second-order valence-corrected chi connectivity index (χ2v) is 11.1. The molecule has 1 fully saturated rings. The molecule has 2 aliphatic rings. The Bertz CT molecular complexity index is 1120. The number of aromatic nitrogens is 2. The normalized spacial score (nSPS) is 20.8. The first-order valence-corrected chi connectivity index (χ1v) is 13.1. The number of thioether (sulfide) groups is 2. The van der Waals surface area contributed by atoms with Crippen LogP contribution in [0.25, 0.3) is 0 Å². The van der Waals surface area contributed by atoms with Crippen LogP contribution < -0.4 is 5.32 Å². The number of aliphatic carboxylic acids is 1. The van der Waals surface area contributed by atoms with Gasteiger partial charge in [-0.05, 0) is 23.6 Å². The molecule has 3 unspecified atom stereocenters. The van der Waals surface area contributed by atoms with Gasteiger partial charge in [-0.1, -0.05) is 47.4 Å². The van der Waals surface area contributed by atoms with E-state index in [1.54, 1.807) is 24.3 Å². The maximum absolute atomic E-state index is 12.8. The predicted molar refractivity (Wildman–Crippen MR) is 126 cm³/mol. The minimum Gasteiger partial charge on any atom is -0.477 e. The van der Waals surface area contributed by atoms with Crippen LogP contribution in [0, 0.1) is 6.92 Å². The molecule has 33 heavy (non-hydrogen) atoms. The van der Waals surface area contributed by atoms with Gasteiger partial charge in [0.25, 0.3) is 11.8 Å². The Labute approximate surface area is 206 Å². The fourth-order valence-electron chi connectivity index (χ4n) is 3.45. The third-order valence-electron chi connectivity index (χ3n) is 5.12. The highest BCUT2D eigenvalue weighted by atomic mass is 35.5. The number of hydrogen-bond donors (Lipinski definition) is 3. The van der Waals surface area contributed by atoms with Crippen molar-refractivity contribution in [3.05, 3.63) is 51.7 Å². The van der Waals surface area contributed by atoms with E-state index in [-0.39, 0.29) is 5.70 Å². The molecule has 2 amide bonds.